The molecule has 2 aliphatic rings. The Labute approximate surface area is 140 Å². The third-order valence-electron chi connectivity index (χ3n) is 4.66. The molecule has 1 saturated carbocycles. The molecule has 1 saturated heterocycles. The number of rotatable bonds is 5. The molecule has 0 spiro atoms. The highest BCUT2D eigenvalue weighted by Gasteiger charge is 2.46. The Kier molecular flexibility index (Phi) is 4.87. The summed E-state index contributed by atoms with van der Waals surface area (Å²) in [5, 5.41) is 12.8. The van der Waals surface area contributed by atoms with Gasteiger partial charge in [-0.3, -0.25) is 4.79 Å². The molecule has 0 radical (unpaired) electrons. The SMILES string of the molecule is O=C(NC(C(=O)O)C1CCCOC1)C1CC1c1ccccc1Cl. The predicted molar refractivity (Wildman–Crippen MR) is 85.4 cm³/mol. The minimum absolute atomic E-state index is 0.0840. The van der Waals surface area contributed by atoms with Crippen molar-refractivity contribution in [1.82, 2.24) is 5.32 Å². The summed E-state index contributed by atoms with van der Waals surface area (Å²) in [7, 11) is 0. The molecule has 4 unspecified atom stereocenters. The van der Waals surface area contributed by atoms with Gasteiger partial charge in [0.1, 0.15) is 6.04 Å². The lowest BCUT2D eigenvalue weighted by Gasteiger charge is -2.28. The van der Waals surface area contributed by atoms with Crippen LogP contribution in [0.3, 0.4) is 0 Å². The molecule has 1 aliphatic heterocycles. The Bertz CT molecular complexity index is 600. The third kappa shape index (κ3) is 3.67. The largest absolute Gasteiger partial charge is 0.480 e. The molecule has 1 aromatic rings. The Morgan fingerprint density at radius 3 is 2.78 bits per heavy atom. The summed E-state index contributed by atoms with van der Waals surface area (Å²) in [6.07, 6.45) is 2.30. The first-order valence-corrected chi connectivity index (χ1v) is 8.31. The zero-order valence-electron chi connectivity index (χ0n) is 12.7. The van der Waals surface area contributed by atoms with Crippen molar-refractivity contribution in [1.29, 1.82) is 0 Å². The van der Waals surface area contributed by atoms with Crippen LogP contribution in [0.5, 0.6) is 0 Å². The number of benzene rings is 1. The van der Waals surface area contributed by atoms with Crippen molar-refractivity contribution in [2.75, 3.05) is 13.2 Å². The Morgan fingerprint density at radius 1 is 1.35 bits per heavy atom. The molecule has 1 heterocycles. The van der Waals surface area contributed by atoms with Crippen LogP contribution < -0.4 is 5.32 Å². The lowest BCUT2D eigenvalue weighted by molar-refractivity contribution is -0.145. The average Bonchev–Trinajstić information content (AvgIpc) is 3.34. The molecule has 5 nitrogen and oxygen atoms in total. The second kappa shape index (κ2) is 6.89. The van der Waals surface area contributed by atoms with E-state index in [4.69, 9.17) is 16.3 Å². The maximum Gasteiger partial charge on any atom is 0.326 e. The maximum atomic E-state index is 12.4. The molecule has 0 bridgehead atoms. The number of carboxylic acid groups (broad SMARTS) is 1. The summed E-state index contributed by atoms with van der Waals surface area (Å²) in [4.78, 5) is 23.9. The van der Waals surface area contributed by atoms with Crippen molar-refractivity contribution in [3.63, 3.8) is 0 Å². The molecule has 1 amide bonds. The zero-order chi connectivity index (χ0) is 16.4. The van der Waals surface area contributed by atoms with Gasteiger partial charge in [0, 0.05) is 23.5 Å². The van der Waals surface area contributed by atoms with E-state index in [1.165, 1.54) is 0 Å². The fraction of sp³-hybridized carbons (Fsp3) is 0.529. The first-order chi connectivity index (χ1) is 11.1. The first kappa shape index (κ1) is 16.3. The van der Waals surface area contributed by atoms with Crippen LogP contribution in [0.1, 0.15) is 30.7 Å². The van der Waals surface area contributed by atoms with E-state index in [-0.39, 0.29) is 23.7 Å². The van der Waals surface area contributed by atoms with Crippen LogP contribution in [0.25, 0.3) is 0 Å². The van der Waals surface area contributed by atoms with E-state index in [9.17, 15) is 14.7 Å². The molecule has 1 aliphatic carbocycles. The van der Waals surface area contributed by atoms with E-state index < -0.39 is 12.0 Å². The summed E-state index contributed by atoms with van der Waals surface area (Å²) in [6.45, 7) is 1.05. The Morgan fingerprint density at radius 2 is 2.13 bits per heavy atom. The molecule has 2 N–H and O–H groups in total. The van der Waals surface area contributed by atoms with Crippen LogP contribution in [0.4, 0.5) is 0 Å². The van der Waals surface area contributed by atoms with E-state index in [0.29, 0.717) is 24.7 Å². The van der Waals surface area contributed by atoms with Gasteiger partial charge in [-0.25, -0.2) is 4.79 Å². The van der Waals surface area contributed by atoms with Gasteiger partial charge in [0.25, 0.3) is 0 Å². The third-order valence-corrected chi connectivity index (χ3v) is 5.01. The number of aliphatic carboxylic acids is 1. The summed E-state index contributed by atoms with van der Waals surface area (Å²) < 4.78 is 5.34. The standard InChI is InChI=1S/C17H20ClNO4/c18-14-6-2-1-5-11(14)12-8-13(12)16(20)19-15(17(21)22)10-4-3-7-23-9-10/h1-2,5-6,10,12-13,15H,3-4,7-9H2,(H,19,20)(H,21,22). The fourth-order valence-corrected chi connectivity index (χ4v) is 3.55. The lowest BCUT2D eigenvalue weighted by atomic mass is 9.93. The van der Waals surface area contributed by atoms with Crippen molar-refractivity contribution in [3.05, 3.63) is 34.9 Å². The van der Waals surface area contributed by atoms with Crippen LogP contribution in [0.2, 0.25) is 5.02 Å². The van der Waals surface area contributed by atoms with E-state index >= 15 is 0 Å². The number of carbonyl (C=O) groups excluding carboxylic acids is 1. The van der Waals surface area contributed by atoms with Crippen molar-refractivity contribution >= 4 is 23.5 Å². The number of ether oxygens (including phenoxy) is 1. The fourth-order valence-electron chi connectivity index (χ4n) is 3.27. The average molecular weight is 338 g/mol. The molecule has 1 aromatic carbocycles. The van der Waals surface area contributed by atoms with E-state index in [0.717, 1.165) is 18.4 Å². The van der Waals surface area contributed by atoms with Gasteiger partial charge in [-0.2, -0.15) is 0 Å². The summed E-state index contributed by atoms with van der Waals surface area (Å²) in [5.74, 6) is -1.47. The number of nitrogens with one attached hydrogen (secondary N) is 1. The van der Waals surface area contributed by atoms with E-state index in [1.807, 2.05) is 24.3 Å². The number of carboxylic acids is 1. The first-order valence-electron chi connectivity index (χ1n) is 7.93. The van der Waals surface area contributed by atoms with Crippen molar-refractivity contribution in [2.45, 2.75) is 31.2 Å². The number of carbonyl (C=O) groups is 2. The molecular weight excluding hydrogens is 318 g/mol. The second-order valence-corrected chi connectivity index (χ2v) is 6.68. The highest BCUT2D eigenvalue weighted by atomic mass is 35.5. The quantitative estimate of drug-likeness (QED) is 0.865. The summed E-state index contributed by atoms with van der Waals surface area (Å²) >= 11 is 6.16. The van der Waals surface area contributed by atoms with Gasteiger partial charge in [0.2, 0.25) is 5.91 Å². The highest BCUT2D eigenvalue weighted by molar-refractivity contribution is 6.31. The van der Waals surface area contributed by atoms with Crippen LogP contribution in [0.15, 0.2) is 24.3 Å². The molecule has 0 aromatic heterocycles. The minimum Gasteiger partial charge on any atom is -0.480 e. The maximum absolute atomic E-state index is 12.4. The van der Waals surface area contributed by atoms with Crippen molar-refractivity contribution in [2.24, 2.45) is 11.8 Å². The van der Waals surface area contributed by atoms with Gasteiger partial charge in [0.15, 0.2) is 0 Å². The normalized spacial score (nSPS) is 28.0. The summed E-state index contributed by atoms with van der Waals surface area (Å²) in [5.41, 5.74) is 0.960. The molecule has 124 valence electrons. The van der Waals surface area contributed by atoms with Crippen LogP contribution in [-0.4, -0.2) is 36.2 Å². The number of hydrogen-bond donors (Lipinski definition) is 2. The second-order valence-electron chi connectivity index (χ2n) is 6.27. The van der Waals surface area contributed by atoms with Gasteiger partial charge in [-0.1, -0.05) is 29.8 Å². The number of halogens is 1. The lowest BCUT2D eigenvalue weighted by Crippen LogP contribution is -2.49. The van der Waals surface area contributed by atoms with Crippen LogP contribution in [-0.2, 0) is 14.3 Å². The van der Waals surface area contributed by atoms with Gasteiger partial charge in [0.05, 0.1) is 6.61 Å². The molecule has 23 heavy (non-hydrogen) atoms. The molecule has 2 fully saturated rings. The van der Waals surface area contributed by atoms with Gasteiger partial charge >= 0.3 is 5.97 Å². The van der Waals surface area contributed by atoms with Crippen molar-refractivity contribution in [3.8, 4) is 0 Å². The molecular formula is C17H20ClNO4. The molecule has 4 atom stereocenters. The van der Waals surface area contributed by atoms with Crippen LogP contribution >= 0.6 is 11.6 Å². The monoisotopic (exact) mass is 337 g/mol. The zero-order valence-corrected chi connectivity index (χ0v) is 13.5. The Balaban J connectivity index is 1.62. The minimum atomic E-state index is -0.996. The molecule has 6 heteroatoms. The summed E-state index contributed by atoms with van der Waals surface area (Å²) in [6, 6.07) is 6.60. The van der Waals surface area contributed by atoms with Crippen LogP contribution in [0, 0.1) is 11.8 Å². The van der Waals surface area contributed by atoms with Gasteiger partial charge in [-0.05, 0) is 36.8 Å². The van der Waals surface area contributed by atoms with Crippen molar-refractivity contribution < 1.29 is 19.4 Å². The smallest absolute Gasteiger partial charge is 0.326 e. The van der Waals surface area contributed by atoms with Gasteiger partial charge in [-0.15, -0.1) is 0 Å². The van der Waals surface area contributed by atoms with E-state index in [1.54, 1.807) is 0 Å². The Hall–Kier alpha value is -1.59. The number of hydrogen-bond acceptors (Lipinski definition) is 3. The molecule has 3 rings (SSSR count). The highest BCUT2D eigenvalue weighted by Crippen LogP contribution is 2.49. The van der Waals surface area contributed by atoms with Gasteiger partial charge < -0.3 is 15.2 Å². The predicted octanol–water partition coefficient (Wildman–Crippen LogP) is 2.44. The number of amides is 1. The van der Waals surface area contributed by atoms with E-state index in [2.05, 4.69) is 5.32 Å². The topological polar surface area (TPSA) is 75.6 Å².